The van der Waals surface area contributed by atoms with Crippen LogP contribution in [0.2, 0.25) is 0 Å². The Balaban J connectivity index is 1.90. The molecular formula is C13H16N2O2. The Hall–Kier alpha value is -1.81. The predicted molar refractivity (Wildman–Crippen MR) is 64.8 cm³/mol. The Morgan fingerprint density at radius 3 is 2.94 bits per heavy atom. The van der Waals surface area contributed by atoms with E-state index in [0.717, 1.165) is 0 Å². The number of nitrogens with zero attached hydrogens (tertiary/aromatic N) is 2. The van der Waals surface area contributed by atoms with Gasteiger partial charge in [-0.05, 0) is 19.1 Å². The number of hydrogen-bond acceptors (Lipinski definition) is 3. The van der Waals surface area contributed by atoms with Crippen molar-refractivity contribution in [2.45, 2.75) is 19.1 Å². The van der Waals surface area contributed by atoms with Gasteiger partial charge in [-0.15, -0.1) is 0 Å². The van der Waals surface area contributed by atoms with Crippen LogP contribution in [0.3, 0.4) is 0 Å². The van der Waals surface area contributed by atoms with E-state index in [9.17, 15) is 5.11 Å². The number of benzene rings is 1. The van der Waals surface area contributed by atoms with Gasteiger partial charge in [0.15, 0.2) is 0 Å². The average molecular weight is 233 g/mol. The van der Waals surface area contributed by atoms with E-state index in [4.69, 9.17) is 6.11 Å². The summed E-state index contributed by atoms with van der Waals surface area (Å²) in [7, 11) is 0. The third-order valence-corrected chi connectivity index (χ3v) is 2.32. The zero-order valence-corrected chi connectivity index (χ0v) is 9.71. The van der Waals surface area contributed by atoms with Gasteiger partial charge in [0.05, 0.1) is 14.2 Å². The van der Waals surface area contributed by atoms with Gasteiger partial charge in [0, 0.05) is 12.4 Å². The van der Waals surface area contributed by atoms with Gasteiger partial charge >= 0.3 is 0 Å². The molecule has 4 heteroatoms. The van der Waals surface area contributed by atoms with Crippen LogP contribution in [-0.2, 0) is 6.54 Å². The van der Waals surface area contributed by atoms with E-state index < -0.39 is 5.60 Å². The molecule has 1 N–H and O–H groups in total. The molecule has 0 aliphatic heterocycles. The zero-order chi connectivity index (χ0) is 13.0. The number of imidazole rings is 1. The minimum atomic E-state index is -0.972. The van der Waals surface area contributed by atoms with E-state index in [1.807, 2.05) is 0 Å². The van der Waals surface area contributed by atoms with Gasteiger partial charge in [0.1, 0.15) is 18.0 Å². The van der Waals surface area contributed by atoms with E-state index in [1.165, 1.54) is 0 Å². The summed E-state index contributed by atoms with van der Waals surface area (Å²) in [5, 5.41) is 10.2. The Bertz CT molecular complexity index is 480. The van der Waals surface area contributed by atoms with Crippen molar-refractivity contribution in [2.75, 3.05) is 6.61 Å². The van der Waals surface area contributed by atoms with Crippen LogP contribution in [-0.4, -0.2) is 26.9 Å². The van der Waals surface area contributed by atoms with Crippen molar-refractivity contribution in [1.29, 1.82) is 0 Å². The lowest BCUT2D eigenvalue weighted by Gasteiger charge is -2.23. The van der Waals surface area contributed by atoms with Crippen molar-refractivity contribution >= 4 is 0 Å². The summed E-state index contributed by atoms with van der Waals surface area (Å²) in [4.78, 5) is 3.92. The molecule has 1 atom stereocenters. The molecule has 0 aliphatic rings. The van der Waals surface area contributed by atoms with Gasteiger partial charge in [-0.2, -0.15) is 0 Å². The maximum Gasteiger partial charge on any atom is 0.119 e. The van der Waals surface area contributed by atoms with Crippen LogP contribution in [0.25, 0.3) is 0 Å². The Morgan fingerprint density at radius 1 is 1.53 bits per heavy atom. The highest BCUT2D eigenvalue weighted by molar-refractivity contribution is 5.21. The molecule has 0 saturated carbocycles. The lowest BCUT2D eigenvalue weighted by Crippen LogP contribution is -2.36. The van der Waals surface area contributed by atoms with Crippen LogP contribution in [0.4, 0.5) is 0 Å². The topological polar surface area (TPSA) is 47.3 Å². The highest BCUT2D eigenvalue weighted by Gasteiger charge is 2.22. The summed E-state index contributed by atoms with van der Waals surface area (Å²) in [6.07, 6.45) is 5.12. The summed E-state index contributed by atoms with van der Waals surface area (Å²) in [5.74, 6) is 0.650. The third kappa shape index (κ3) is 3.60. The van der Waals surface area contributed by atoms with E-state index in [1.54, 1.807) is 54.5 Å². The SMILES string of the molecule is [2H]c1ccc(OCC(C)(O)Cn2ccnc2)cc1. The molecule has 90 valence electrons. The quantitative estimate of drug-likeness (QED) is 0.855. The molecule has 1 aromatic carbocycles. The number of ether oxygens (including phenoxy) is 1. The second-order valence-corrected chi connectivity index (χ2v) is 4.26. The number of aromatic nitrogens is 2. The van der Waals surface area contributed by atoms with Crippen LogP contribution in [0.15, 0.2) is 49.0 Å². The maximum atomic E-state index is 10.2. The highest BCUT2D eigenvalue weighted by Crippen LogP contribution is 2.13. The number of hydrogen-bond donors (Lipinski definition) is 1. The van der Waals surface area contributed by atoms with Crippen molar-refractivity contribution in [3.63, 3.8) is 0 Å². The molecule has 0 fully saturated rings. The molecular weight excluding hydrogens is 216 g/mol. The molecule has 0 bridgehead atoms. The molecule has 0 aliphatic carbocycles. The maximum absolute atomic E-state index is 10.2. The lowest BCUT2D eigenvalue weighted by molar-refractivity contribution is -0.00287. The first-order valence-corrected chi connectivity index (χ1v) is 5.43. The fourth-order valence-electron chi connectivity index (χ4n) is 1.53. The molecule has 0 saturated heterocycles. The molecule has 2 aromatic rings. The van der Waals surface area contributed by atoms with Gasteiger partial charge in [0.25, 0.3) is 0 Å². The zero-order valence-electron chi connectivity index (χ0n) is 10.7. The lowest BCUT2D eigenvalue weighted by atomic mass is 10.1. The average Bonchev–Trinajstić information content (AvgIpc) is 2.80. The van der Waals surface area contributed by atoms with Crippen molar-refractivity contribution < 1.29 is 11.2 Å². The van der Waals surface area contributed by atoms with Crippen LogP contribution < -0.4 is 4.74 Å². The largest absolute Gasteiger partial charge is 0.491 e. The number of rotatable bonds is 5. The Kier molecular flexibility index (Phi) is 3.05. The summed E-state index contributed by atoms with van der Waals surface area (Å²) >= 11 is 0. The molecule has 17 heavy (non-hydrogen) atoms. The standard InChI is InChI=1S/C13H16N2O2/c1-13(16,9-15-8-7-14-11-15)10-17-12-5-3-2-4-6-12/h2-8,11,16H,9-10H2,1H3/i2D. The van der Waals surface area contributed by atoms with Gasteiger partial charge < -0.3 is 14.4 Å². The van der Waals surface area contributed by atoms with Crippen molar-refractivity contribution in [1.82, 2.24) is 9.55 Å². The summed E-state index contributed by atoms with van der Waals surface area (Å²) in [6.45, 7) is 2.32. The smallest absolute Gasteiger partial charge is 0.119 e. The normalized spacial score (nSPS) is 15.1. The molecule has 1 unspecified atom stereocenters. The van der Waals surface area contributed by atoms with E-state index in [-0.39, 0.29) is 6.61 Å². The van der Waals surface area contributed by atoms with E-state index in [2.05, 4.69) is 4.98 Å². The van der Waals surface area contributed by atoms with Crippen molar-refractivity contribution in [2.24, 2.45) is 0 Å². The second-order valence-electron chi connectivity index (χ2n) is 4.26. The predicted octanol–water partition coefficient (Wildman–Crippen LogP) is 1.71. The van der Waals surface area contributed by atoms with E-state index in [0.29, 0.717) is 18.3 Å². The molecule has 4 nitrogen and oxygen atoms in total. The minimum absolute atomic E-state index is 0.183. The first-order valence-electron chi connectivity index (χ1n) is 5.93. The first-order chi connectivity index (χ1) is 8.55. The van der Waals surface area contributed by atoms with Gasteiger partial charge in [0.2, 0.25) is 0 Å². The van der Waals surface area contributed by atoms with Crippen LogP contribution in [0.5, 0.6) is 5.75 Å². The highest BCUT2D eigenvalue weighted by atomic mass is 16.5. The molecule has 1 aromatic heterocycles. The molecule has 0 radical (unpaired) electrons. The summed E-state index contributed by atoms with van der Waals surface area (Å²) in [6, 6.07) is 7.18. The van der Waals surface area contributed by atoms with Crippen LogP contribution >= 0.6 is 0 Å². The van der Waals surface area contributed by atoms with Crippen molar-refractivity contribution in [3.8, 4) is 5.75 Å². The third-order valence-electron chi connectivity index (χ3n) is 2.32. The monoisotopic (exact) mass is 233 g/mol. The van der Waals surface area contributed by atoms with Gasteiger partial charge in [-0.1, -0.05) is 18.2 Å². The summed E-state index contributed by atoms with van der Waals surface area (Å²) < 4.78 is 14.7. The molecule has 2 rings (SSSR count). The summed E-state index contributed by atoms with van der Waals surface area (Å²) in [5.41, 5.74) is -0.972. The van der Waals surface area contributed by atoms with Gasteiger partial charge in [-0.25, -0.2) is 4.98 Å². The Labute approximate surface area is 102 Å². The first kappa shape index (κ1) is 10.4. The fourth-order valence-corrected chi connectivity index (χ4v) is 1.53. The minimum Gasteiger partial charge on any atom is -0.491 e. The molecule has 1 heterocycles. The Morgan fingerprint density at radius 2 is 2.29 bits per heavy atom. The van der Waals surface area contributed by atoms with Crippen LogP contribution in [0.1, 0.15) is 8.29 Å². The van der Waals surface area contributed by atoms with Crippen LogP contribution in [0, 0.1) is 0 Å². The number of para-hydroxylation sites is 1. The van der Waals surface area contributed by atoms with E-state index >= 15 is 0 Å². The second kappa shape index (κ2) is 5.01. The van der Waals surface area contributed by atoms with Crippen molar-refractivity contribution in [3.05, 3.63) is 49.0 Å². The fraction of sp³-hybridized carbons (Fsp3) is 0.308. The molecule has 0 amide bonds. The number of aliphatic hydroxyl groups is 1. The van der Waals surface area contributed by atoms with Gasteiger partial charge in [-0.3, -0.25) is 0 Å². The molecule has 0 spiro atoms.